The molecule has 0 aliphatic carbocycles. The number of nitrogens with zero attached hydrogens (tertiary/aromatic N) is 4. The summed E-state index contributed by atoms with van der Waals surface area (Å²) < 4.78 is 11.5. The summed E-state index contributed by atoms with van der Waals surface area (Å²) in [5, 5.41) is 10.6. The number of para-hydroxylation sites is 3. The zero-order valence-corrected chi connectivity index (χ0v) is 30.7. The van der Waals surface area contributed by atoms with Gasteiger partial charge >= 0.3 is 0 Å². The van der Waals surface area contributed by atoms with Crippen LogP contribution in [0.4, 0.5) is 0 Å². The van der Waals surface area contributed by atoms with Gasteiger partial charge in [-0.1, -0.05) is 127 Å². The Balaban J connectivity index is 1.02. The van der Waals surface area contributed by atoms with Crippen LogP contribution in [0.25, 0.3) is 76.9 Å². The highest BCUT2D eigenvalue weighted by molar-refractivity contribution is 6.24. The van der Waals surface area contributed by atoms with Crippen LogP contribution in [-0.4, -0.2) is 20.8 Å². The number of rotatable bonds is 5. The van der Waals surface area contributed by atoms with Gasteiger partial charge in [-0.2, -0.15) is 0 Å². The molecule has 1 atom stereocenters. The molecule has 0 saturated heterocycles. The lowest BCUT2D eigenvalue weighted by Gasteiger charge is -2.24. The molecule has 57 heavy (non-hydrogen) atoms. The van der Waals surface area contributed by atoms with Crippen molar-refractivity contribution in [2.24, 2.45) is 9.98 Å². The average molecular weight is 732 g/mol. The maximum Gasteiger partial charge on any atom is 0.159 e. The van der Waals surface area contributed by atoms with Gasteiger partial charge in [0.25, 0.3) is 0 Å². The zero-order chi connectivity index (χ0) is 37.5. The minimum absolute atomic E-state index is 0.275. The molecule has 11 aromatic rings. The van der Waals surface area contributed by atoms with Gasteiger partial charge in [0.15, 0.2) is 5.84 Å². The second-order valence-electron chi connectivity index (χ2n) is 14.6. The quantitative estimate of drug-likeness (QED) is 0.192. The largest absolute Gasteiger partial charge is 0.455 e. The highest BCUT2D eigenvalue weighted by Crippen LogP contribution is 2.42. The maximum absolute atomic E-state index is 6.83. The van der Waals surface area contributed by atoms with E-state index in [1.54, 1.807) is 0 Å². The van der Waals surface area contributed by atoms with Crippen LogP contribution in [0.1, 0.15) is 22.9 Å². The molecule has 6 heteroatoms. The van der Waals surface area contributed by atoms with Gasteiger partial charge in [0.1, 0.15) is 23.2 Å². The molecule has 0 bridgehead atoms. The van der Waals surface area contributed by atoms with Gasteiger partial charge < -0.3 is 18.9 Å². The van der Waals surface area contributed by atoms with E-state index in [1.807, 2.05) is 36.4 Å². The number of fused-ring (bicyclic) bond motifs is 10. The first-order valence-corrected chi connectivity index (χ1v) is 19.3. The standard InChI is InChI=1S/C51H33N5O/c1-3-14-32(15-4-1)49-52-50(33-16-5-2-6-17-33)54-51(53-49)34-18-13-19-35(30-34)56-44-25-12-9-22-40(44)47-45(56)28-27-39-41-31-36(26-29-46(41)57-48(39)47)55-42-23-10-7-20-37(42)38-21-8-11-24-43(38)55/h1-31,49H,(H,52,53,54). The first-order chi connectivity index (χ1) is 28.3. The first kappa shape index (κ1) is 31.6. The van der Waals surface area contributed by atoms with Gasteiger partial charge in [0.05, 0.1) is 27.5 Å². The lowest BCUT2D eigenvalue weighted by atomic mass is 10.1. The second-order valence-corrected chi connectivity index (χ2v) is 14.6. The number of nitrogens with one attached hydrogen (secondary N) is 1. The molecule has 0 radical (unpaired) electrons. The van der Waals surface area contributed by atoms with E-state index < -0.39 is 0 Å². The van der Waals surface area contributed by atoms with E-state index in [4.69, 9.17) is 14.4 Å². The molecular formula is C51H33N5O. The van der Waals surface area contributed by atoms with Crippen molar-refractivity contribution in [2.75, 3.05) is 0 Å². The second kappa shape index (κ2) is 12.4. The van der Waals surface area contributed by atoms with Crippen molar-refractivity contribution < 1.29 is 4.42 Å². The number of hydrogen-bond donors (Lipinski definition) is 1. The minimum atomic E-state index is -0.275. The molecule has 0 spiro atoms. The number of benzene rings is 8. The fourth-order valence-corrected chi connectivity index (χ4v) is 8.80. The number of hydrogen-bond acceptors (Lipinski definition) is 4. The van der Waals surface area contributed by atoms with Crippen molar-refractivity contribution in [2.45, 2.75) is 6.17 Å². The van der Waals surface area contributed by atoms with Crippen molar-refractivity contribution in [1.29, 1.82) is 0 Å². The average Bonchev–Trinajstić information content (AvgIpc) is 3.94. The van der Waals surface area contributed by atoms with E-state index in [1.165, 1.54) is 21.8 Å². The molecule has 1 unspecified atom stereocenters. The Kier molecular flexibility index (Phi) is 6.89. The predicted molar refractivity (Wildman–Crippen MR) is 234 cm³/mol. The third-order valence-electron chi connectivity index (χ3n) is 11.4. The molecule has 6 nitrogen and oxygen atoms in total. The van der Waals surface area contributed by atoms with Crippen LogP contribution >= 0.6 is 0 Å². The Bertz CT molecular complexity index is 3390. The molecule has 1 N–H and O–H groups in total. The van der Waals surface area contributed by atoms with Crippen molar-refractivity contribution in [3.63, 3.8) is 0 Å². The normalized spacial score (nSPS) is 14.5. The summed E-state index contributed by atoms with van der Waals surface area (Å²) >= 11 is 0. The molecule has 268 valence electrons. The van der Waals surface area contributed by atoms with Gasteiger partial charge in [0.2, 0.25) is 0 Å². The number of aromatic nitrogens is 2. The van der Waals surface area contributed by atoms with Crippen LogP contribution in [0.2, 0.25) is 0 Å². The van der Waals surface area contributed by atoms with Crippen LogP contribution in [0.5, 0.6) is 0 Å². The SMILES string of the molecule is c1ccc(C2=NC(c3ccccc3)NC(c3cccc(-n4c5ccccc5c5c6oc7ccc(-n8c9ccccc9c9ccccc98)cc7c6ccc54)c3)=N2)cc1. The Morgan fingerprint density at radius 3 is 1.82 bits per heavy atom. The molecule has 0 fully saturated rings. The van der Waals surface area contributed by atoms with Crippen LogP contribution in [-0.2, 0) is 0 Å². The van der Waals surface area contributed by atoms with Crippen molar-refractivity contribution >= 4 is 77.2 Å². The molecule has 3 aromatic heterocycles. The molecule has 1 aliphatic rings. The summed E-state index contributed by atoms with van der Waals surface area (Å²) in [6, 6.07) is 66.1. The van der Waals surface area contributed by atoms with Crippen LogP contribution in [0.3, 0.4) is 0 Å². The van der Waals surface area contributed by atoms with Crippen molar-refractivity contribution in [3.8, 4) is 11.4 Å². The van der Waals surface area contributed by atoms with E-state index in [0.717, 1.165) is 77.6 Å². The summed E-state index contributed by atoms with van der Waals surface area (Å²) in [5.74, 6) is 1.48. The van der Waals surface area contributed by atoms with Gasteiger partial charge in [0, 0.05) is 49.4 Å². The maximum atomic E-state index is 6.83. The summed E-state index contributed by atoms with van der Waals surface area (Å²) in [6.45, 7) is 0. The fraction of sp³-hybridized carbons (Fsp3) is 0.0196. The fourth-order valence-electron chi connectivity index (χ4n) is 8.80. The van der Waals surface area contributed by atoms with Gasteiger partial charge in [-0.15, -0.1) is 0 Å². The van der Waals surface area contributed by atoms with E-state index in [2.05, 4.69) is 166 Å². The van der Waals surface area contributed by atoms with E-state index >= 15 is 0 Å². The molecule has 0 saturated carbocycles. The third-order valence-corrected chi connectivity index (χ3v) is 11.4. The Hall–Kier alpha value is -7.70. The number of amidine groups is 2. The van der Waals surface area contributed by atoms with Crippen LogP contribution in [0, 0.1) is 0 Å². The van der Waals surface area contributed by atoms with Gasteiger partial charge in [-0.25, -0.2) is 9.98 Å². The van der Waals surface area contributed by atoms with Crippen molar-refractivity contribution in [3.05, 3.63) is 205 Å². The van der Waals surface area contributed by atoms with Crippen molar-refractivity contribution in [1.82, 2.24) is 14.5 Å². The molecule has 0 amide bonds. The Labute approximate surface area is 327 Å². The zero-order valence-electron chi connectivity index (χ0n) is 30.7. The molecule has 8 aromatic carbocycles. The number of aliphatic imine (C=N–C) groups is 2. The lowest BCUT2D eigenvalue weighted by Crippen LogP contribution is -2.33. The van der Waals surface area contributed by atoms with E-state index in [0.29, 0.717) is 5.84 Å². The summed E-state index contributed by atoms with van der Waals surface area (Å²) in [4.78, 5) is 10.1. The molecule has 12 rings (SSSR count). The highest BCUT2D eigenvalue weighted by atomic mass is 16.3. The topological polar surface area (TPSA) is 59.8 Å². The Morgan fingerprint density at radius 2 is 1.07 bits per heavy atom. The first-order valence-electron chi connectivity index (χ1n) is 19.3. The van der Waals surface area contributed by atoms with Gasteiger partial charge in [-0.05, 0) is 66.2 Å². The molecule has 4 heterocycles. The van der Waals surface area contributed by atoms with E-state index in [-0.39, 0.29) is 6.17 Å². The highest BCUT2D eigenvalue weighted by Gasteiger charge is 2.23. The van der Waals surface area contributed by atoms with Gasteiger partial charge in [-0.3, -0.25) is 0 Å². The predicted octanol–water partition coefficient (Wildman–Crippen LogP) is 12.3. The number of furan rings is 1. The summed E-state index contributed by atoms with van der Waals surface area (Å²) in [5.41, 5.74) is 11.5. The summed E-state index contributed by atoms with van der Waals surface area (Å²) in [7, 11) is 0. The molecule has 1 aliphatic heterocycles. The van der Waals surface area contributed by atoms with E-state index in [9.17, 15) is 0 Å². The monoisotopic (exact) mass is 731 g/mol. The van der Waals surface area contributed by atoms with Crippen LogP contribution in [0.15, 0.2) is 202 Å². The minimum Gasteiger partial charge on any atom is -0.455 e. The molecular weight excluding hydrogens is 699 g/mol. The Morgan fingerprint density at radius 1 is 0.456 bits per heavy atom. The summed E-state index contributed by atoms with van der Waals surface area (Å²) in [6.07, 6.45) is -0.275. The lowest BCUT2D eigenvalue weighted by molar-refractivity contribution is 0.673. The third kappa shape index (κ3) is 4.90. The van der Waals surface area contributed by atoms with Crippen LogP contribution < -0.4 is 5.32 Å². The smallest absolute Gasteiger partial charge is 0.159 e.